The summed E-state index contributed by atoms with van der Waals surface area (Å²) in [6.07, 6.45) is -4.38. The molecule has 0 fully saturated rings. The van der Waals surface area contributed by atoms with Gasteiger partial charge in [0, 0.05) is 5.69 Å². The molecule has 0 saturated carbocycles. The fourth-order valence-electron chi connectivity index (χ4n) is 1.54. The van der Waals surface area contributed by atoms with Crippen LogP contribution in [0.5, 0.6) is 5.75 Å². The summed E-state index contributed by atoms with van der Waals surface area (Å²) in [4.78, 5) is 4.02. The van der Waals surface area contributed by atoms with Crippen LogP contribution in [0.1, 0.15) is 11.3 Å². The first-order valence-corrected chi connectivity index (χ1v) is 5.47. The van der Waals surface area contributed by atoms with Crippen molar-refractivity contribution >= 4 is 11.5 Å². The van der Waals surface area contributed by atoms with E-state index in [9.17, 15) is 18.3 Å². The Hall–Kier alpha value is -2.24. The predicted octanol–water partition coefficient (Wildman–Crippen LogP) is 3.86. The van der Waals surface area contributed by atoms with Crippen molar-refractivity contribution in [2.75, 3.05) is 5.32 Å². The molecule has 0 saturated heterocycles. The van der Waals surface area contributed by atoms with E-state index in [1.54, 1.807) is 6.92 Å². The van der Waals surface area contributed by atoms with Crippen LogP contribution in [-0.2, 0) is 6.18 Å². The normalized spacial score (nSPS) is 11.4. The zero-order chi connectivity index (χ0) is 14.0. The van der Waals surface area contributed by atoms with E-state index in [0.29, 0.717) is 11.5 Å². The highest BCUT2D eigenvalue weighted by Crippen LogP contribution is 2.31. The molecule has 0 radical (unpaired) electrons. The van der Waals surface area contributed by atoms with Crippen LogP contribution in [0.4, 0.5) is 24.7 Å². The molecule has 2 aromatic rings. The molecule has 3 nitrogen and oxygen atoms in total. The molecule has 0 aliphatic carbocycles. The minimum Gasteiger partial charge on any atom is -0.506 e. The molecule has 100 valence electrons. The molecule has 0 aliphatic heterocycles. The summed E-state index contributed by atoms with van der Waals surface area (Å²) in [5.74, 6) is 0.407. The van der Waals surface area contributed by atoms with Crippen LogP contribution in [0, 0.1) is 6.92 Å². The Bertz CT molecular complexity index is 597. The number of hydrogen-bond acceptors (Lipinski definition) is 3. The summed E-state index contributed by atoms with van der Waals surface area (Å²) in [6.45, 7) is 1.60. The van der Waals surface area contributed by atoms with Gasteiger partial charge in [0.05, 0.1) is 11.3 Å². The minimum absolute atomic E-state index is 0.0367. The third-order valence-corrected chi connectivity index (χ3v) is 2.52. The van der Waals surface area contributed by atoms with Crippen LogP contribution in [0.3, 0.4) is 0 Å². The van der Waals surface area contributed by atoms with Gasteiger partial charge in [-0.3, -0.25) is 0 Å². The number of pyridine rings is 1. The minimum atomic E-state index is -4.38. The van der Waals surface area contributed by atoms with Crippen LogP contribution in [0.2, 0.25) is 0 Å². The van der Waals surface area contributed by atoms with E-state index in [-0.39, 0.29) is 11.4 Å². The van der Waals surface area contributed by atoms with Crippen LogP contribution in [0.25, 0.3) is 0 Å². The predicted molar refractivity (Wildman–Crippen MR) is 65.4 cm³/mol. The molecule has 1 aromatic heterocycles. The highest BCUT2D eigenvalue weighted by atomic mass is 19.4. The number of anilines is 2. The lowest BCUT2D eigenvalue weighted by Gasteiger charge is -2.10. The molecule has 0 unspecified atom stereocenters. The van der Waals surface area contributed by atoms with Crippen LogP contribution >= 0.6 is 0 Å². The standard InChI is InChI=1S/C13H11F3N2O/c1-8-11(19)5-6-12(17-8)18-10-4-2-3-9(7-10)13(14,15)16/h2-7,19H,1H3,(H,17,18). The molecule has 0 bridgehead atoms. The second kappa shape index (κ2) is 4.79. The van der Waals surface area contributed by atoms with Gasteiger partial charge in [0.15, 0.2) is 0 Å². The smallest absolute Gasteiger partial charge is 0.416 e. The second-order valence-corrected chi connectivity index (χ2v) is 4.00. The lowest BCUT2D eigenvalue weighted by atomic mass is 10.2. The fourth-order valence-corrected chi connectivity index (χ4v) is 1.54. The third kappa shape index (κ3) is 3.15. The largest absolute Gasteiger partial charge is 0.506 e. The number of nitrogens with zero attached hydrogens (tertiary/aromatic N) is 1. The van der Waals surface area contributed by atoms with Gasteiger partial charge in [-0.2, -0.15) is 13.2 Å². The maximum Gasteiger partial charge on any atom is 0.416 e. The van der Waals surface area contributed by atoms with E-state index in [0.717, 1.165) is 12.1 Å². The summed E-state index contributed by atoms with van der Waals surface area (Å²) in [6, 6.07) is 7.75. The van der Waals surface area contributed by atoms with Gasteiger partial charge in [0.25, 0.3) is 0 Å². The van der Waals surface area contributed by atoms with Crippen molar-refractivity contribution in [3.63, 3.8) is 0 Å². The Labute approximate surface area is 107 Å². The first-order chi connectivity index (χ1) is 8.86. The summed E-state index contributed by atoms with van der Waals surface area (Å²) in [7, 11) is 0. The van der Waals surface area contributed by atoms with Crippen LogP contribution in [0.15, 0.2) is 36.4 Å². The monoisotopic (exact) mass is 268 g/mol. The van der Waals surface area contributed by atoms with E-state index in [2.05, 4.69) is 10.3 Å². The van der Waals surface area contributed by atoms with Crippen molar-refractivity contribution in [3.05, 3.63) is 47.7 Å². The second-order valence-electron chi connectivity index (χ2n) is 4.00. The molecule has 0 atom stereocenters. The van der Waals surface area contributed by atoms with Gasteiger partial charge in [-0.1, -0.05) is 6.07 Å². The average molecular weight is 268 g/mol. The Balaban J connectivity index is 2.26. The lowest BCUT2D eigenvalue weighted by Crippen LogP contribution is -2.05. The van der Waals surface area contributed by atoms with Gasteiger partial charge in [-0.25, -0.2) is 4.98 Å². The van der Waals surface area contributed by atoms with E-state index >= 15 is 0 Å². The van der Waals surface area contributed by atoms with Gasteiger partial charge < -0.3 is 10.4 Å². The average Bonchev–Trinajstić information content (AvgIpc) is 2.33. The quantitative estimate of drug-likeness (QED) is 0.869. The number of hydrogen-bond donors (Lipinski definition) is 2. The number of aromatic nitrogens is 1. The maximum atomic E-state index is 12.5. The Kier molecular flexibility index (Phi) is 3.33. The SMILES string of the molecule is Cc1nc(Nc2cccc(C(F)(F)F)c2)ccc1O. The van der Waals surface area contributed by atoms with Gasteiger partial charge >= 0.3 is 6.18 Å². The van der Waals surface area contributed by atoms with Gasteiger partial charge in [0.1, 0.15) is 11.6 Å². The molecule has 6 heteroatoms. The zero-order valence-electron chi connectivity index (χ0n) is 9.99. The van der Waals surface area contributed by atoms with E-state index in [1.807, 2.05) is 0 Å². The first-order valence-electron chi connectivity index (χ1n) is 5.47. The Morgan fingerprint density at radius 2 is 1.89 bits per heavy atom. The molecule has 0 amide bonds. The molecule has 0 aliphatic rings. The summed E-state index contributed by atoms with van der Waals surface area (Å²) < 4.78 is 37.6. The van der Waals surface area contributed by atoms with Crippen molar-refractivity contribution in [2.24, 2.45) is 0 Å². The molecular weight excluding hydrogens is 257 g/mol. The van der Waals surface area contributed by atoms with Crippen LogP contribution in [-0.4, -0.2) is 10.1 Å². The lowest BCUT2D eigenvalue weighted by molar-refractivity contribution is -0.137. The van der Waals surface area contributed by atoms with E-state index < -0.39 is 11.7 Å². The Morgan fingerprint density at radius 3 is 2.53 bits per heavy atom. The summed E-state index contributed by atoms with van der Waals surface area (Å²) in [5, 5.41) is 12.1. The van der Waals surface area contributed by atoms with Crippen molar-refractivity contribution in [1.82, 2.24) is 4.98 Å². The third-order valence-electron chi connectivity index (χ3n) is 2.52. The van der Waals surface area contributed by atoms with Crippen molar-refractivity contribution < 1.29 is 18.3 Å². The molecule has 19 heavy (non-hydrogen) atoms. The molecule has 2 rings (SSSR count). The maximum absolute atomic E-state index is 12.5. The molecule has 1 heterocycles. The van der Waals surface area contributed by atoms with Crippen molar-refractivity contribution in [3.8, 4) is 5.75 Å². The van der Waals surface area contributed by atoms with Crippen molar-refractivity contribution in [2.45, 2.75) is 13.1 Å². The van der Waals surface area contributed by atoms with Gasteiger partial charge in [0.2, 0.25) is 0 Å². The Morgan fingerprint density at radius 1 is 1.16 bits per heavy atom. The summed E-state index contributed by atoms with van der Waals surface area (Å²) in [5.41, 5.74) is -0.0441. The number of rotatable bonds is 2. The molecule has 1 aromatic carbocycles. The number of nitrogens with one attached hydrogen (secondary N) is 1. The number of halogens is 3. The molecule has 0 spiro atoms. The molecule has 2 N–H and O–H groups in total. The number of aromatic hydroxyl groups is 1. The number of aryl methyl sites for hydroxylation is 1. The van der Waals surface area contributed by atoms with Crippen molar-refractivity contribution in [1.29, 1.82) is 0 Å². The van der Waals surface area contributed by atoms with Crippen LogP contribution < -0.4 is 5.32 Å². The fraction of sp³-hybridized carbons (Fsp3) is 0.154. The number of alkyl halides is 3. The zero-order valence-corrected chi connectivity index (χ0v) is 9.99. The van der Waals surface area contributed by atoms with Gasteiger partial charge in [-0.15, -0.1) is 0 Å². The van der Waals surface area contributed by atoms with E-state index in [4.69, 9.17) is 0 Å². The number of benzene rings is 1. The van der Waals surface area contributed by atoms with Gasteiger partial charge in [-0.05, 0) is 37.3 Å². The highest BCUT2D eigenvalue weighted by Gasteiger charge is 2.30. The molecular formula is C13H11F3N2O. The summed E-state index contributed by atoms with van der Waals surface area (Å²) >= 11 is 0. The first kappa shape index (κ1) is 13.2. The topological polar surface area (TPSA) is 45.2 Å². The highest BCUT2D eigenvalue weighted by molar-refractivity contribution is 5.58. The van der Waals surface area contributed by atoms with E-state index in [1.165, 1.54) is 24.3 Å².